The van der Waals surface area contributed by atoms with Crippen molar-refractivity contribution in [1.82, 2.24) is 9.88 Å². The highest BCUT2D eigenvalue weighted by Gasteiger charge is 2.26. The summed E-state index contributed by atoms with van der Waals surface area (Å²) in [4.78, 5) is 18.3. The highest BCUT2D eigenvalue weighted by atomic mass is 16.7. The Morgan fingerprint density at radius 1 is 1.19 bits per heavy atom. The highest BCUT2D eigenvalue weighted by molar-refractivity contribution is 5.96. The van der Waals surface area contributed by atoms with Gasteiger partial charge in [-0.25, -0.2) is 0 Å². The van der Waals surface area contributed by atoms with Gasteiger partial charge in [-0.05, 0) is 24.3 Å². The Hall–Kier alpha value is -3.15. The maximum absolute atomic E-state index is 13.0. The minimum atomic E-state index is 0.00574. The molecule has 0 unspecified atom stereocenters. The molecule has 3 heterocycles. The second-order valence-corrected chi connectivity index (χ2v) is 6.51. The SMILES string of the molecule is COc1cccc2c3c([nH]c12)CCN(C(=O)c1ccc2c(c1)OCO2)C3. The summed E-state index contributed by atoms with van der Waals surface area (Å²) in [6.45, 7) is 1.46. The Kier molecular flexibility index (Phi) is 3.31. The number of methoxy groups -OCH3 is 1. The average Bonchev–Trinajstić information content (AvgIpc) is 3.30. The molecule has 1 N–H and O–H groups in total. The van der Waals surface area contributed by atoms with Crippen molar-refractivity contribution in [3.8, 4) is 17.2 Å². The molecule has 0 radical (unpaired) electrons. The predicted octanol–water partition coefficient (Wildman–Crippen LogP) is 3.10. The number of hydrogen-bond donors (Lipinski definition) is 1. The largest absolute Gasteiger partial charge is 0.495 e. The third kappa shape index (κ3) is 2.22. The van der Waals surface area contributed by atoms with Gasteiger partial charge in [0.05, 0.1) is 12.6 Å². The van der Waals surface area contributed by atoms with E-state index in [0.29, 0.717) is 30.2 Å². The van der Waals surface area contributed by atoms with E-state index in [0.717, 1.165) is 23.1 Å². The lowest BCUT2D eigenvalue weighted by molar-refractivity contribution is 0.0734. The van der Waals surface area contributed by atoms with Gasteiger partial charge < -0.3 is 24.1 Å². The van der Waals surface area contributed by atoms with Crippen molar-refractivity contribution in [2.45, 2.75) is 13.0 Å². The summed E-state index contributed by atoms with van der Waals surface area (Å²) >= 11 is 0. The van der Waals surface area contributed by atoms with Gasteiger partial charge in [0.15, 0.2) is 11.5 Å². The van der Waals surface area contributed by atoms with E-state index in [1.165, 1.54) is 11.3 Å². The van der Waals surface area contributed by atoms with Crippen LogP contribution in [-0.2, 0) is 13.0 Å². The molecule has 1 aromatic heterocycles. The fourth-order valence-electron chi connectivity index (χ4n) is 3.77. The number of carbonyl (C=O) groups is 1. The van der Waals surface area contributed by atoms with Crippen LogP contribution in [0.4, 0.5) is 0 Å². The second-order valence-electron chi connectivity index (χ2n) is 6.51. The first kappa shape index (κ1) is 15.1. The van der Waals surface area contributed by atoms with Crippen LogP contribution < -0.4 is 14.2 Å². The Bertz CT molecular complexity index is 1020. The molecule has 0 aliphatic carbocycles. The van der Waals surface area contributed by atoms with Crippen molar-refractivity contribution in [2.24, 2.45) is 0 Å². The van der Waals surface area contributed by atoms with E-state index in [1.807, 2.05) is 17.0 Å². The summed E-state index contributed by atoms with van der Waals surface area (Å²) in [5.41, 5.74) is 3.96. The first-order chi connectivity index (χ1) is 12.7. The summed E-state index contributed by atoms with van der Waals surface area (Å²) < 4.78 is 16.2. The molecule has 0 saturated heterocycles. The summed E-state index contributed by atoms with van der Waals surface area (Å²) in [6, 6.07) is 11.3. The van der Waals surface area contributed by atoms with Gasteiger partial charge in [0, 0.05) is 41.7 Å². The number of para-hydroxylation sites is 1. The van der Waals surface area contributed by atoms with Gasteiger partial charge in [-0.3, -0.25) is 4.79 Å². The van der Waals surface area contributed by atoms with Crippen LogP contribution in [0.5, 0.6) is 17.2 Å². The molecule has 0 spiro atoms. The van der Waals surface area contributed by atoms with Gasteiger partial charge in [-0.15, -0.1) is 0 Å². The molecule has 6 heteroatoms. The molecule has 2 aliphatic heterocycles. The normalized spacial score (nSPS) is 15.2. The molecule has 1 amide bonds. The number of fused-ring (bicyclic) bond motifs is 4. The van der Waals surface area contributed by atoms with Crippen LogP contribution >= 0.6 is 0 Å². The summed E-state index contributed by atoms with van der Waals surface area (Å²) in [7, 11) is 1.67. The lowest BCUT2D eigenvalue weighted by Crippen LogP contribution is -2.35. The molecule has 26 heavy (non-hydrogen) atoms. The zero-order chi connectivity index (χ0) is 17.7. The highest BCUT2D eigenvalue weighted by Crippen LogP contribution is 2.35. The molecule has 0 fully saturated rings. The van der Waals surface area contributed by atoms with Crippen LogP contribution in [0.25, 0.3) is 10.9 Å². The molecule has 2 aromatic carbocycles. The van der Waals surface area contributed by atoms with E-state index in [4.69, 9.17) is 14.2 Å². The van der Waals surface area contributed by atoms with Crippen molar-refractivity contribution in [3.05, 3.63) is 53.2 Å². The number of nitrogens with one attached hydrogen (secondary N) is 1. The Labute approximate surface area is 150 Å². The molecular formula is C20H18N2O4. The number of hydrogen-bond acceptors (Lipinski definition) is 4. The second kappa shape index (κ2) is 5.69. The number of nitrogens with zero attached hydrogens (tertiary/aromatic N) is 1. The molecule has 0 bridgehead atoms. The van der Waals surface area contributed by atoms with Crippen LogP contribution in [0.2, 0.25) is 0 Å². The molecule has 6 nitrogen and oxygen atoms in total. The maximum Gasteiger partial charge on any atom is 0.254 e. The van der Waals surface area contributed by atoms with Gasteiger partial charge in [0.2, 0.25) is 6.79 Å². The predicted molar refractivity (Wildman–Crippen MR) is 95.9 cm³/mol. The van der Waals surface area contributed by atoms with Crippen molar-refractivity contribution in [3.63, 3.8) is 0 Å². The van der Waals surface area contributed by atoms with Crippen molar-refractivity contribution in [1.29, 1.82) is 0 Å². The van der Waals surface area contributed by atoms with Crippen molar-refractivity contribution < 1.29 is 19.0 Å². The van der Waals surface area contributed by atoms with Crippen LogP contribution in [0.15, 0.2) is 36.4 Å². The van der Waals surface area contributed by atoms with E-state index >= 15 is 0 Å². The van der Waals surface area contributed by atoms with E-state index in [-0.39, 0.29) is 12.7 Å². The number of H-pyrrole nitrogens is 1. The molecule has 3 aromatic rings. The number of carbonyl (C=O) groups excluding carboxylic acids is 1. The number of benzene rings is 2. The van der Waals surface area contributed by atoms with Crippen molar-refractivity contribution >= 4 is 16.8 Å². The third-order valence-corrected chi connectivity index (χ3v) is 5.10. The summed E-state index contributed by atoms with van der Waals surface area (Å²) in [6.07, 6.45) is 0.795. The van der Waals surface area contributed by atoms with E-state index < -0.39 is 0 Å². The van der Waals surface area contributed by atoms with E-state index in [1.54, 1.807) is 25.3 Å². The van der Waals surface area contributed by atoms with Gasteiger partial charge in [0.25, 0.3) is 5.91 Å². The van der Waals surface area contributed by atoms with Gasteiger partial charge >= 0.3 is 0 Å². The Balaban J connectivity index is 1.47. The first-order valence-electron chi connectivity index (χ1n) is 8.60. The van der Waals surface area contributed by atoms with E-state index in [2.05, 4.69) is 11.1 Å². The molecule has 0 saturated carbocycles. The minimum absolute atomic E-state index is 0.00574. The molecular weight excluding hydrogens is 332 g/mol. The van der Waals surface area contributed by atoms with E-state index in [9.17, 15) is 4.79 Å². The number of rotatable bonds is 2. The Morgan fingerprint density at radius 3 is 2.96 bits per heavy atom. The zero-order valence-corrected chi connectivity index (χ0v) is 14.4. The fraction of sp³-hybridized carbons (Fsp3) is 0.250. The summed E-state index contributed by atoms with van der Waals surface area (Å²) in [5, 5.41) is 1.11. The van der Waals surface area contributed by atoms with Gasteiger partial charge in [-0.2, -0.15) is 0 Å². The topological polar surface area (TPSA) is 63.8 Å². The van der Waals surface area contributed by atoms with Gasteiger partial charge in [-0.1, -0.05) is 12.1 Å². The monoisotopic (exact) mass is 350 g/mol. The quantitative estimate of drug-likeness (QED) is 0.771. The van der Waals surface area contributed by atoms with Crippen LogP contribution in [0.3, 0.4) is 0 Å². The number of amides is 1. The maximum atomic E-state index is 13.0. The Morgan fingerprint density at radius 2 is 2.08 bits per heavy atom. The molecule has 132 valence electrons. The number of ether oxygens (including phenoxy) is 3. The fourth-order valence-corrected chi connectivity index (χ4v) is 3.77. The minimum Gasteiger partial charge on any atom is -0.495 e. The zero-order valence-electron chi connectivity index (χ0n) is 14.4. The molecule has 2 aliphatic rings. The molecule has 5 rings (SSSR count). The summed E-state index contributed by atoms with van der Waals surface area (Å²) in [5.74, 6) is 2.15. The smallest absolute Gasteiger partial charge is 0.254 e. The standard InChI is InChI=1S/C20H18N2O4/c1-24-17-4-2-3-13-14-10-22(8-7-15(14)21-19(13)17)20(23)12-5-6-16-18(9-12)26-11-25-16/h2-6,9,21H,7-8,10-11H2,1H3. The lowest BCUT2D eigenvalue weighted by Gasteiger charge is -2.27. The van der Waals surface area contributed by atoms with Crippen LogP contribution in [0, 0.1) is 0 Å². The van der Waals surface area contributed by atoms with Crippen LogP contribution in [-0.4, -0.2) is 36.2 Å². The first-order valence-corrected chi connectivity index (χ1v) is 8.60. The van der Waals surface area contributed by atoms with Gasteiger partial charge in [0.1, 0.15) is 5.75 Å². The molecule has 0 atom stereocenters. The third-order valence-electron chi connectivity index (χ3n) is 5.10. The lowest BCUT2D eigenvalue weighted by atomic mass is 10.0. The average molecular weight is 350 g/mol. The number of aromatic amines is 1. The number of aromatic nitrogens is 1. The van der Waals surface area contributed by atoms with Crippen LogP contribution in [0.1, 0.15) is 21.6 Å². The van der Waals surface area contributed by atoms with Crippen molar-refractivity contribution in [2.75, 3.05) is 20.4 Å².